The standard InChI is InChI=1S/C25H24N10/c1-15(8-26)20(11-29)13-33-14-22(31)25-21(7-19(10-28)18(4)34-25)23(6-17(3)32-5)35-24(12-30)16(2)9-27/h7,13,16,32-33H,1,3,6,14,31H2,2,4-5H3/b20-13-,23-21+,25-22-,35-24?. The molecule has 1 aromatic heterocycles. The Morgan fingerprint density at radius 3 is 2.40 bits per heavy atom. The summed E-state index contributed by atoms with van der Waals surface area (Å²) in [5.74, 6) is -0.763. The van der Waals surface area contributed by atoms with Crippen molar-refractivity contribution in [2.75, 3.05) is 13.6 Å². The van der Waals surface area contributed by atoms with E-state index >= 15 is 0 Å². The van der Waals surface area contributed by atoms with Crippen LogP contribution in [0.4, 0.5) is 0 Å². The monoisotopic (exact) mass is 464 g/mol. The number of nitrogens with two attached hydrogens (primary N) is 1. The van der Waals surface area contributed by atoms with Crippen LogP contribution in [-0.4, -0.2) is 24.3 Å². The van der Waals surface area contributed by atoms with Gasteiger partial charge in [-0.15, -0.1) is 0 Å². The summed E-state index contributed by atoms with van der Waals surface area (Å²) in [5, 5.41) is 52.9. The van der Waals surface area contributed by atoms with E-state index in [1.54, 1.807) is 33.0 Å². The normalized spacial score (nSPS) is 13.4. The molecular weight excluding hydrogens is 440 g/mol. The number of pyridine rings is 1. The van der Waals surface area contributed by atoms with Crippen LogP contribution in [0.5, 0.6) is 0 Å². The van der Waals surface area contributed by atoms with E-state index in [2.05, 4.69) is 39.8 Å². The molecule has 1 heterocycles. The topological polar surface area (TPSA) is 194 Å². The van der Waals surface area contributed by atoms with Crippen LogP contribution in [0.1, 0.15) is 24.6 Å². The predicted molar refractivity (Wildman–Crippen MR) is 131 cm³/mol. The maximum absolute atomic E-state index is 9.56. The Balaban J connectivity index is 3.99. The van der Waals surface area contributed by atoms with Crippen LogP contribution in [0.15, 0.2) is 47.3 Å². The summed E-state index contributed by atoms with van der Waals surface area (Å²) in [4.78, 5) is 8.93. The molecule has 174 valence electrons. The van der Waals surface area contributed by atoms with Gasteiger partial charge in [0.2, 0.25) is 0 Å². The van der Waals surface area contributed by atoms with Crippen molar-refractivity contribution in [2.24, 2.45) is 16.6 Å². The summed E-state index contributed by atoms with van der Waals surface area (Å²) in [6.45, 7) is 10.7. The summed E-state index contributed by atoms with van der Waals surface area (Å²) in [6.07, 6.45) is 1.49. The number of aliphatic imine (C=N–C) groups is 1. The molecule has 0 aliphatic carbocycles. The van der Waals surface area contributed by atoms with Gasteiger partial charge in [0.05, 0.1) is 63.7 Å². The summed E-state index contributed by atoms with van der Waals surface area (Å²) in [7, 11) is 1.68. The van der Waals surface area contributed by atoms with E-state index in [0.29, 0.717) is 27.7 Å². The lowest BCUT2D eigenvalue weighted by Gasteiger charge is -2.10. The maximum atomic E-state index is 9.56. The van der Waals surface area contributed by atoms with Crippen LogP contribution in [0.3, 0.4) is 0 Å². The van der Waals surface area contributed by atoms with Crippen LogP contribution in [0, 0.1) is 69.5 Å². The second-order valence-corrected chi connectivity index (χ2v) is 7.23. The minimum atomic E-state index is -0.763. The number of nitrogens with zero attached hydrogens (tertiary/aromatic N) is 7. The van der Waals surface area contributed by atoms with Crippen LogP contribution in [-0.2, 0) is 0 Å². The number of aryl methyl sites for hydroxylation is 1. The Hall–Kier alpha value is -5.37. The first-order valence-electron chi connectivity index (χ1n) is 10.2. The molecule has 0 fully saturated rings. The molecule has 0 spiro atoms. The molecule has 10 heteroatoms. The van der Waals surface area contributed by atoms with Gasteiger partial charge < -0.3 is 16.4 Å². The van der Waals surface area contributed by atoms with E-state index in [4.69, 9.17) is 16.3 Å². The van der Waals surface area contributed by atoms with Crippen molar-refractivity contribution in [1.29, 1.82) is 26.3 Å². The lowest BCUT2D eigenvalue weighted by atomic mass is 10.1. The van der Waals surface area contributed by atoms with Crippen LogP contribution in [0.25, 0.3) is 11.4 Å². The number of rotatable bonds is 9. The van der Waals surface area contributed by atoms with Gasteiger partial charge in [-0.25, -0.2) is 9.98 Å². The van der Waals surface area contributed by atoms with Gasteiger partial charge in [-0.05, 0) is 19.9 Å². The third-order valence-electron chi connectivity index (χ3n) is 4.78. The van der Waals surface area contributed by atoms with Crippen LogP contribution in [0.2, 0.25) is 0 Å². The average molecular weight is 465 g/mol. The van der Waals surface area contributed by atoms with Gasteiger partial charge in [0.15, 0.2) is 0 Å². The SMILES string of the molecule is C=C(C/C(N=C(C#N)C(C)C#N)=c1/cc(C#N)c(C)n/c1=C(\N)CN/C=C(/C#N)C(=C)C#N)NC. The second-order valence-electron chi connectivity index (χ2n) is 7.23. The predicted octanol–water partition coefficient (Wildman–Crippen LogP) is 0.761. The largest absolute Gasteiger partial charge is 0.399 e. The highest BCUT2D eigenvalue weighted by Gasteiger charge is 2.13. The molecule has 1 unspecified atom stereocenters. The third-order valence-corrected chi connectivity index (χ3v) is 4.78. The number of aromatic nitrogens is 1. The Morgan fingerprint density at radius 1 is 1.20 bits per heavy atom. The van der Waals surface area contributed by atoms with E-state index in [1.165, 1.54) is 6.20 Å². The molecule has 0 aliphatic rings. The van der Waals surface area contributed by atoms with Gasteiger partial charge in [-0.3, -0.25) is 0 Å². The van der Waals surface area contributed by atoms with Gasteiger partial charge in [-0.2, -0.15) is 26.3 Å². The molecule has 0 aromatic carbocycles. The molecule has 0 saturated carbocycles. The zero-order chi connectivity index (χ0) is 26.5. The van der Waals surface area contributed by atoms with Gasteiger partial charge in [0.1, 0.15) is 23.9 Å². The number of hydrogen-bond acceptors (Lipinski definition) is 10. The fourth-order valence-corrected chi connectivity index (χ4v) is 2.69. The van der Waals surface area contributed by atoms with Crippen LogP contribution < -0.4 is 26.9 Å². The first-order valence-corrected chi connectivity index (χ1v) is 10.2. The molecule has 1 rings (SSSR count). The van der Waals surface area contributed by atoms with Gasteiger partial charge in [0.25, 0.3) is 0 Å². The summed E-state index contributed by atoms with van der Waals surface area (Å²) >= 11 is 0. The van der Waals surface area contributed by atoms with Crippen molar-refractivity contribution in [3.8, 4) is 30.3 Å². The fraction of sp³-hybridized carbons (Fsp3) is 0.240. The lowest BCUT2D eigenvalue weighted by molar-refractivity contribution is 0.934. The van der Waals surface area contributed by atoms with Gasteiger partial charge in [-0.1, -0.05) is 13.2 Å². The number of nitriles is 5. The third kappa shape index (κ3) is 7.33. The Labute approximate surface area is 204 Å². The minimum absolute atomic E-state index is 0.00205. The van der Waals surface area contributed by atoms with Crippen LogP contribution >= 0.6 is 0 Å². The van der Waals surface area contributed by atoms with E-state index < -0.39 is 5.92 Å². The molecule has 4 N–H and O–H groups in total. The summed E-state index contributed by atoms with van der Waals surface area (Å²) < 4.78 is 0. The quantitative estimate of drug-likeness (QED) is 0.268. The Bertz CT molecular complexity index is 1420. The molecule has 0 radical (unpaired) electrons. The smallest absolute Gasteiger partial charge is 0.134 e. The first-order chi connectivity index (χ1) is 16.7. The molecule has 1 atom stereocenters. The minimum Gasteiger partial charge on any atom is -0.399 e. The van der Waals surface area contributed by atoms with Crippen molar-refractivity contribution < 1.29 is 0 Å². The molecule has 0 aliphatic heterocycles. The molecule has 0 saturated heterocycles. The molecular formula is C25H24N10. The second kappa shape index (κ2) is 13.2. The summed E-state index contributed by atoms with van der Waals surface area (Å²) in [6, 6.07) is 11.3. The van der Waals surface area contributed by atoms with Crippen molar-refractivity contribution >= 4 is 17.1 Å². The highest BCUT2D eigenvalue weighted by molar-refractivity contribution is 6.03. The van der Waals surface area contributed by atoms with Gasteiger partial charge >= 0.3 is 0 Å². The number of hydrogen-bond donors (Lipinski definition) is 3. The Morgan fingerprint density at radius 2 is 1.89 bits per heavy atom. The summed E-state index contributed by atoms with van der Waals surface area (Å²) in [5.41, 5.74) is 8.26. The van der Waals surface area contributed by atoms with Gasteiger partial charge in [0, 0.05) is 30.6 Å². The highest BCUT2D eigenvalue weighted by atomic mass is 14.9. The fourth-order valence-electron chi connectivity index (χ4n) is 2.69. The zero-order valence-corrected chi connectivity index (χ0v) is 19.8. The lowest BCUT2D eigenvalue weighted by Crippen LogP contribution is -2.38. The molecule has 35 heavy (non-hydrogen) atoms. The van der Waals surface area contributed by atoms with Crippen molar-refractivity contribution in [3.63, 3.8) is 0 Å². The first kappa shape index (κ1) is 27.7. The molecule has 10 nitrogen and oxygen atoms in total. The average Bonchev–Trinajstić information content (AvgIpc) is 2.87. The molecule has 0 amide bonds. The van der Waals surface area contributed by atoms with E-state index in [0.717, 1.165) is 0 Å². The van der Waals surface area contributed by atoms with E-state index in [9.17, 15) is 15.8 Å². The molecule has 1 aromatic rings. The van der Waals surface area contributed by atoms with E-state index in [-0.39, 0.29) is 41.1 Å². The Kier molecular flexibility index (Phi) is 10.5. The number of nitrogens with one attached hydrogen (secondary N) is 2. The highest BCUT2D eigenvalue weighted by Crippen LogP contribution is 2.12. The van der Waals surface area contributed by atoms with Crippen molar-refractivity contribution in [3.05, 3.63) is 64.1 Å². The van der Waals surface area contributed by atoms with E-state index in [1.807, 2.05) is 18.2 Å². The number of allylic oxidation sites excluding steroid dienone is 2. The zero-order valence-electron chi connectivity index (χ0n) is 19.8. The van der Waals surface area contributed by atoms with Crippen molar-refractivity contribution in [2.45, 2.75) is 20.3 Å². The maximum Gasteiger partial charge on any atom is 0.134 e. The van der Waals surface area contributed by atoms with Crippen molar-refractivity contribution in [1.82, 2.24) is 15.6 Å². The molecule has 0 bridgehead atoms.